The lowest BCUT2D eigenvalue weighted by Gasteiger charge is -2.27. The largest absolute Gasteiger partial charge is 0.356 e. The fourth-order valence-corrected chi connectivity index (χ4v) is 2.03. The summed E-state index contributed by atoms with van der Waals surface area (Å²) in [5.74, 6) is 1.25. The average molecular weight is 228 g/mol. The average Bonchev–Trinajstić information content (AvgIpc) is 2.82. The lowest BCUT2D eigenvalue weighted by atomic mass is 10.3. The Bertz CT molecular complexity index is 575. The molecule has 1 fully saturated rings. The van der Waals surface area contributed by atoms with Crippen LogP contribution in [-0.2, 0) is 0 Å². The highest BCUT2D eigenvalue weighted by atomic mass is 15.2. The zero-order chi connectivity index (χ0) is 11.7. The summed E-state index contributed by atoms with van der Waals surface area (Å²) in [4.78, 5) is 13.6. The second kappa shape index (κ2) is 4.03. The minimum Gasteiger partial charge on any atom is -0.356 e. The van der Waals surface area contributed by atoms with Gasteiger partial charge in [-0.1, -0.05) is 0 Å². The number of nitriles is 1. The van der Waals surface area contributed by atoms with Crippen molar-refractivity contribution in [3.63, 3.8) is 0 Å². The van der Waals surface area contributed by atoms with Crippen LogP contribution < -0.4 is 10.2 Å². The minimum absolute atomic E-state index is 0.200. The summed E-state index contributed by atoms with van der Waals surface area (Å²) in [6.07, 6.45) is 1.68. The molecular weight excluding hydrogens is 216 g/mol. The van der Waals surface area contributed by atoms with E-state index < -0.39 is 0 Å². The molecule has 6 heteroatoms. The molecule has 0 aliphatic carbocycles. The van der Waals surface area contributed by atoms with Gasteiger partial charge in [0.05, 0.1) is 0 Å². The Balaban J connectivity index is 1.98. The topological polar surface area (TPSA) is 80.6 Å². The summed E-state index contributed by atoms with van der Waals surface area (Å²) >= 11 is 0. The van der Waals surface area contributed by atoms with E-state index in [-0.39, 0.29) is 5.82 Å². The number of nitrogens with zero attached hydrogens (tertiary/aromatic N) is 4. The van der Waals surface area contributed by atoms with E-state index in [0.29, 0.717) is 0 Å². The van der Waals surface area contributed by atoms with Crippen LogP contribution in [0.25, 0.3) is 11.0 Å². The number of anilines is 1. The van der Waals surface area contributed by atoms with Crippen molar-refractivity contribution in [3.8, 4) is 6.07 Å². The third kappa shape index (κ3) is 1.81. The maximum atomic E-state index is 8.75. The van der Waals surface area contributed by atoms with E-state index in [1.54, 1.807) is 6.20 Å². The lowest BCUT2D eigenvalue weighted by molar-refractivity contribution is 0.586. The van der Waals surface area contributed by atoms with E-state index in [0.717, 1.165) is 43.0 Å². The number of piperazine rings is 1. The second-order valence-corrected chi connectivity index (χ2v) is 4.00. The molecule has 2 aromatic rings. The highest BCUT2D eigenvalue weighted by Crippen LogP contribution is 2.20. The second-order valence-electron chi connectivity index (χ2n) is 4.00. The molecule has 0 unspecified atom stereocenters. The molecule has 0 amide bonds. The van der Waals surface area contributed by atoms with Crippen LogP contribution in [0.1, 0.15) is 5.82 Å². The Labute approximate surface area is 98.3 Å². The van der Waals surface area contributed by atoms with E-state index in [9.17, 15) is 0 Å². The van der Waals surface area contributed by atoms with E-state index in [2.05, 4.69) is 25.2 Å². The van der Waals surface area contributed by atoms with Crippen LogP contribution in [0.2, 0.25) is 0 Å². The molecular formula is C11H12N6. The number of hydrogen-bond donors (Lipinski definition) is 2. The Kier molecular flexibility index (Phi) is 2.38. The zero-order valence-corrected chi connectivity index (χ0v) is 9.27. The molecule has 17 heavy (non-hydrogen) atoms. The van der Waals surface area contributed by atoms with Crippen molar-refractivity contribution in [1.29, 1.82) is 5.26 Å². The predicted octanol–water partition coefficient (Wildman–Crippen LogP) is 0.239. The van der Waals surface area contributed by atoms with Crippen LogP contribution in [0.15, 0.2) is 12.3 Å². The molecule has 2 N–H and O–H groups in total. The molecule has 0 spiro atoms. The lowest BCUT2D eigenvalue weighted by Crippen LogP contribution is -2.43. The first-order chi connectivity index (χ1) is 8.36. The predicted molar refractivity (Wildman–Crippen MR) is 63.7 cm³/mol. The Hall–Kier alpha value is -2.13. The van der Waals surface area contributed by atoms with Crippen LogP contribution >= 0.6 is 0 Å². The van der Waals surface area contributed by atoms with Gasteiger partial charge in [-0.05, 0) is 6.07 Å². The molecule has 0 bridgehead atoms. The first-order valence-corrected chi connectivity index (χ1v) is 5.58. The maximum absolute atomic E-state index is 8.75. The van der Waals surface area contributed by atoms with Crippen molar-refractivity contribution in [1.82, 2.24) is 20.3 Å². The fourth-order valence-electron chi connectivity index (χ4n) is 2.03. The van der Waals surface area contributed by atoms with E-state index in [1.165, 1.54) is 0 Å². The smallest absolute Gasteiger partial charge is 0.234 e. The van der Waals surface area contributed by atoms with Gasteiger partial charge in [0.15, 0.2) is 0 Å². The van der Waals surface area contributed by atoms with E-state index >= 15 is 0 Å². The summed E-state index contributed by atoms with van der Waals surface area (Å²) in [5, 5.41) is 13.0. The van der Waals surface area contributed by atoms with Crippen LogP contribution in [0.5, 0.6) is 0 Å². The Morgan fingerprint density at radius 3 is 2.94 bits per heavy atom. The van der Waals surface area contributed by atoms with Gasteiger partial charge in [0.1, 0.15) is 17.5 Å². The maximum Gasteiger partial charge on any atom is 0.234 e. The number of nitrogens with one attached hydrogen (secondary N) is 2. The van der Waals surface area contributed by atoms with Crippen molar-refractivity contribution in [2.75, 3.05) is 31.1 Å². The third-order valence-corrected chi connectivity index (χ3v) is 2.91. The summed E-state index contributed by atoms with van der Waals surface area (Å²) in [5.41, 5.74) is 0.727. The Morgan fingerprint density at radius 2 is 2.18 bits per heavy atom. The van der Waals surface area contributed by atoms with Gasteiger partial charge in [0.2, 0.25) is 5.82 Å². The van der Waals surface area contributed by atoms with Gasteiger partial charge in [0.25, 0.3) is 0 Å². The normalized spacial score (nSPS) is 16.1. The molecule has 0 radical (unpaired) electrons. The molecule has 2 aromatic heterocycles. The number of aromatic nitrogens is 3. The summed E-state index contributed by atoms with van der Waals surface area (Å²) in [6, 6.07) is 3.97. The van der Waals surface area contributed by atoms with Gasteiger partial charge in [-0.15, -0.1) is 0 Å². The van der Waals surface area contributed by atoms with Crippen molar-refractivity contribution in [3.05, 3.63) is 18.1 Å². The van der Waals surface area contributed by atoms with Crippen molar-refractivity contribution in [2.45, 2.75) is 0 Å². The van der Waals surface area contributed by atoms with Crippen molar-refractivity contribution < 1.29 is 0 Å². The number of fused-ring (bicyclic) bond motifs is 1. The highest BCUT2D eigenvalue weighted by molar-refractivity contribution is 5.80. The fraction of sp³-hybridized carbons (Fsp3) is 0.364. The zero-order valence-electron chi connectivity index (χ0n) is 9.27. The molecule has 6 nitrogen and oxygen atoms in total. The molecule has 0 atom stereocenters. The first-order valence-electron chi connectivity index (χ1n) is 5.58. The van der Waals surface area contributed by atoms with Gasteiger partial charge >= 0.3 is 0 Å². The number of hydrogen-bond acceptors (Lipinski definition) is 5. The van der Waals surface area contributed by atoms with Crippen LogP contribution in [0, 0.1) is 11.3 Å². The van der Waals surface area contributed by atoms with Gasteiger partial charge in [0, 0.05) is 37.8 Å². The highest BCUT2D eigenvalue weighted by Gasteiger charge is 2.13. The van der Waals surface area contributed by atoms with E-state index in [1.807, 2.05) is 12.1 Å². The molecule has 0 aromatic carbocycles. The van der Waals surface area contributed by atoms with Gasteiger partial charge in [-0.3, -0.25) is 0 Å². The minimum atomic E-state index is 0.200. The Morgan fingerprint density at radius 1 is 1.35 bits per heavy atom. The van der Waals surface area contributed by atoms with Gasteiger partial charge < -0.3 is 15.2 Å². The third-order valence-electron chi connectivity index (χ3n) is 2.91. The molecule has 0 saturated carbocycles. The molecule has 3 rings (SSSR count). The number of rotatable bonds is 1. The quantitative estimate of drug-likeness (QED) is 0.730. The van der Waals surface area contributed by atoms with Gasteiger partial charge in [-0.2, -0.15) is 5.26 Å². The van der Waals surface area contributed by atoms with Crippen molar-refractivity contribution >= 4 is 16.9 Å². The monoisotopic (exact) mass is 228 g/mol. The molecule has 1 aliphatic heterocycles. The summed E-state index contributed by atoms with van der Waals surface area (Å²) < 4.78 is 0. The molecule has 1 aliphatic rings. The summed E-state index contributed by atoms with van der Waals surface area (Å²) in [6.45, 7) is 3.94. The first kappa shape index (κ1) is 10.1. The number of aromatic amines is 1. The van der Waals surface area contributed by atoms with Crippen LogP contribution in [0.3, 0.4) is 0 Å². The standard InChI is InChI=1S/C11H12N6/c12-6-9-14-7-8-5-10(16-11(8)15-9)17-3-1-13-2-4-17/h5,7,13H,1-4H2,(H,14,15,16). The van der Waals surface area contributed by atoms with Gasteiger partial charge in [-0.25, -0.2) is 9.97 Å². The van der Waals surface area contributed by atoms with Crippen molar-refractivity contribution in [2.24, 2.45) is 0 Å². The SMILES string of the molecule is N#Cc1ncc2cc(N3CCNCC3)[nH]c2n1. The van der Waals surface area contributed by atoms with Crippen LogP contribution in [-0.4, -0.2) is 41.1 Å². The molecule has 3 heterocycles. The number of H-pyrrole nitrogens is 1. The molecule has 86 valence electrons. The van der Waals surface area contributed by atoms with Crippen LogP contribution in [0.4, 0.5) is 5.82 Å². The summed E-state index contributed by atoms with van der Waals surface area (Å²) in [7, 11) is 0. The van der Waals surface area contributed by atoms with E-state index in [4.69, 9.17) is 5.26 Å². The molecule has 1 saturated heterocycles.